The third-order valence-corrected chi connectivity index (χ3v) is 3.72. The Bertz CT molecular complexity index is 311. The van der Waals surface area contributed by atoms with Crippen molar-refractivity contribution in [2.24, 2.45) is 0 Å². The predicted octanol–water partition coefficient (Wildman–Crippen LogP) is 3.25. The third kappa shape index (κ3) is 4.06. The maximum atomic E-state index is 4.58. The Kier molecular flexibility index (Phi) is 5.71. The van der Waals surface area contributed by atoms with Gasteiger partial charge in [0.1, 0.15) is 0 Å². The fourth-order valence-electron chi connectivity index (χ4n) is 1.63. The highest BCUT2D eigenvalue weighted by Crippen LogP contribution is 2.18. The molecule has 2 nitrogen and oxygen atoms in total. The van der Waals surface area contributed by atoms with E-state index in [1.165, 1.54) is 22.0 Å². The van der Waals surface area contributed by atoms with E-state index in [2.05, 4.69) is 37.7 Å². The van der Waals surface area contributed by atoms with Crippen LogP contribution in [0.15, 0.2) is 12.7 Å². The van der Waals surface area contributed by atoms with Gasteiger partial charge in [-0.2, -0.15) is 0 Å². The molecule has 0 amide bonds. The molecule has 0 bridgehead atoms. The summed E-state index contributed by atoms with van der Waals surface area (Å²) in [4.78, 5) is 5.92. The summed E-state index contributed by atoms with van der Waals surface area (Å²) in [5, 5.41) is 4.78. The van der Waals surface area contributed by atoms with Gasteiger partial charge in [0.2, 0.25) is 0 Å². The van der Waals surface area contributed by atoms with E-state index >= 15 is 0 Å². The molecule has 1 N–H and O–H groups in total. The molecule has 1 atom stereocenters. The van der Waals surface area contributed by atoms with Gasteiger partial charge >= 0.3 is 0 Å². The van der Waals surface area contributed by atoms with Crippen molar-refractivity contribution < 1.29 is 0 Å². The van der Waals surface area contributed by atoms with Gasteiger partial charge in [-0.05, 0) is 33.2 Å². The lowest BCUT2D eigenvalue weighted by Crippen LogP contribution is -2.31. The molecule has 90 valence electrons. The first kappa shape index (κ1) is 13.4. The zero-order valence-corrected chi connectivity index (χ0v) is 11.4. The molecule has 1 heterocycles. The largest absolute Gasteiger partial charge is 0.313 e. The van der Waals surface area contributed by atoms with E-state index in [9.17, 15) is 0 Å². The van der Waals surface area contributed by atoms with Crippen molar-refractivity contribution in [3.63, 3.8) is 0 Å². The molecule has 0 aliphatic heterocycles. The van der Waals surface area contributed by atoms with Gasteiger partial charge < -0.3 is 5.32 Å². The Morgan fingerprint density at radius 3 is 2.75 bits per heavy atom. The van der Waals surface area contributed by atoms with Gasteiger partial charge in [0.05, 0.1) is 10.7 Å². The summed E-state index contributed by atoms with van der Waals surface area (Å²) in [7, 11) is 0. The number of rotatable bonds is 7. The summed E-state index contributed by atoms with van der Waals surface area (Å²) in [5.41, 5.74) is 1.17. The van der Waals surface area contributed by atoms with Crippen LogP contribution in [0, 0.1) is 13.8 Å². The van der Waals surface area contributed by atoms with Gasteiger partial charge in [0.15, 0.2) is 0 Å². The van der Waals surface area contributed by atoms with Crippen LogP contribution < -0.4 is 5.32 Å². The molecule has 0 radical (unpaired) electrons. The van der Waals surface area contributed by atoms with Crippen LogP contribution in [-0.4, -0.2) is 17.6 Å². The van der Waals surface area contributed by atoms with Gasteiger partial charge in [0.25, 0.3) is 0 Å². The predicted molar refractivity (Wildman–Crippen MR) is 72.2 cm³/mol. The van der Waals surface area contributed by atoms with E-state index in [1.54, 1.807) is 0 Å². The fraction of sp³-hybridized carbons (Fsp3) is 0.615. The third-order valence-electron chi connectivity index (χ3n) is 2.63. The van der Waals surface area contributed by atoms with Crippen molar-refractivity contribution in [2.45, 2.75) is 46.1 Å². The second-order valence-corrected chi connectivity index (χ2v) is 5.42. The van der Waals surface area contributed by atoms with Gasteiger partial charge in [-0.3, -0.25) is 0 Å². The van der Waals surface area contributed by atoms with E-state index in [4.69, 9.17) is 0 Å². The summed E-state index contributed by atoms with van der Waals surface area (Å²) in [6.45, 7) is 11.3. The molecule has 1 unspecified atom stereocenters. The summed E-state index contributed by atoms with van der Waals surface area (Å²) in [6, 6.07) is 0.488. The van der Waals surface area contributed by atoms with E-state index in [1.807, 2.05) is 17.4 Å². The van der Waals surface area contributed by atoms with Crippen molar-refractivity contribution in [1.29, 1.82) is 0 Å². The molecule has 0 fully saturated rings. The van der Waals surface area contributed by atoms with Crippen molar-refractivity contribution >= 4 is 11.3 Å². The topological polar surface area (TPSA) is 24.9 Å². The summed E-state index contributed by atoms with van der Waals surface area (Å²) in [5.74, 6) is 0. The summed E-state index contributed by atoms with van der Waals surface area (Å²) < 4.78 is 0. The first-order chi connectivity index (χ1) is 7.67. The summed E-state index contributed by atoms with van der Waals surface area (Å²) in [6.07, 6.45) is 5.19. The molecule has 16 heavy (non-hydrogen) atoms. The maximum Gasteiger partial charge on any atom is 0.0946 e. The number of hydrogen-bond donors (Lipinski definition) is 1. The number of aryl methyl sites for hydroxylation is 2. The molecule has 0 aliphatic rings. The molecule has 0 aliphatic carbocycles. The molecule has 0 saturated carbocycles. The van der Waals surface area contributed by atoms with Crippen LogP contribution in [0.25, 0.3) is 0 Å². The Balaban J connectivity index is 2.56. The van der Waals surface area contributed by atoms with E-state index in [0.29, 0.717) is 6.04 Å². The van der Waals surface area contributed by atoms with Gasteiger partial charge in [0, 0.05) is 17.3 Å². The van der Waals surface area contributed by atoms with Crippen LogP contribution in [0.1, 0.15) is 35.3 Å². The first-order valence-corrected chi connectivity index (χ1v) is 6.76. The maximum absolute atomic E-state index is 4.58. The number of nitrogens with one attached hydrogen (secondary N) is 1. The average Bonchev–Trinajstić information content (AvgIpc) is 2.55. The number of aromatic nitrogens is 1. The van der Waals surface area contributed by atoms with Crippen molar-refractivity contribution in [2.75, 3.05) is 6.54 Å². The quantitative estimate of drug-likeness (QED) is 0.738. The molecule has 0 aromatic carbocycles. The lowest BCUT2D eigenvalue weighted by atomic mass is 10.1. The highest BCUT2D eigenvalue weighted by atomic mass is 32.1. The Morgan fingerprint density at radius 2 is 2.25 bits per heavy atom. The minimum Gasteiger partial charge on any atom is -0.313 e. The minimum absolute atomic E-state index is 0.488. The van der Waals surface area contributed by atoms with Gasteiger partial charge in [-0.15, -0.1) is 17.9 Å². The smallest absolute Gasteiger partial charge is 0.0946 e. The van der Waals surface area contributed by atoms with E-state index in [-0.39, 0.29) is 0 Å². The number of hydrogen-bond acceptors (Lipinski definition) is 3. The highest BCUT2D eigenvalue weighted by Gasteiger charge is 2.10. The van der Waals surface area contributed by atoms with Gasteiger partial charge in [-0.25, -0.2) is 4.98 Å². The lowest BCUT2D eigenvalue weighted by Gasteiger charge is -2.15. The van der Waals surface area contributed by atoms with E-state index in [0.717, 1.165) is 19.4 Å². The van der Waals surface area contributed by atoms with Crippen LogP contribution in [0.3, 0.4) is 0 Å². The molecule has 1 rings (SSSR count). The lowest BCUT2D eigenvalue weighted by molar-refractivity contribution is 0.511. The van der Waals surface area contributed by atoms with Crippen molar-refractivity contribution in [3.05, 3.63) is 28.2 Å². The SMILES string of the molecule is C=CCC(Cc1nc(C)c(C)s1)NCCC. The Morgan fingerprint density at radius 1 is 1.50 bits per heavy atom. The van der Waals surface area contributed by atoms with Crippen LogP contribution >= 0.6 is 11.3 Å². The Labute approximate surface area is 103 Å². The minimum atomic E-state index is 0.488. The molecule has 0 spiro atoms. The van der Waals surface area contributed by atoms with Gasteiger partial charge in [-0.1, -0.05) is 13.0 Å². The van der Waals surface area contributed by atoms with E-state index < -0.39 is 0 Å². The second-order valence-electron chi connectivity index (χ2n) is 4.13. The number of nitrogens with zero attached hydrogens (tertiary/aromatic N) is 1. The monoisotopic (exact) mass is 238 g/mol. The molecule has 3 heteroatoms. The highest BCUT2D eigenvalue weighted by molar-refractivity contribution is 7.11. The fourth-order valence-corrected chi connectivity index (χ4v) is 2.64. The van der Waals surface area contributed by atoms with Crippen LogP contribution in [-0.2, 0) is 6.42 Å². The molecular formula is C13H22N2S. The van der Waals surface area contributed by atoms with Crippen LogP contribution in [0.2, 0.25) is 0 Å². The van der Waals surface area contributed by atoms with Crippen LogP contribution in [0.4, 0.5) is 0 Å². The average molecular weight is 238 g/mol. The van der Waals surface area contributed by atoms with Crippen molar-refractivity contribution in [1.82, 2.24) is 10.3 Å². The molecule has 1 aromatic heterocycles. The zero-order valence-electron chi connectivity index (χ0n) is 10.5. The standard InChI is InChI=1S/C13H22N2S/c1-5-7-12(14-8-6-2)9-13-15-10(3)11(4)16-13/h5,12,14H,1,6-9H2,2-4H3. The van der Waals surface area contributed by atoms with Crippen LogP contribution in [0.5, 0.6) is 0 Å². The molecular weight excluding hydrogens is 216 g/mol. The normalized spacial score (nSPS) is 12.7. The Hall–Kier alpha value is -0.670. The first-order valence-electron chi connectivity index (χ1n) is 5.94. The second kappa shape index (κ2) is 6.81. The molecule has 0 saturated heterocycles. The zero-order chi connectivity index (χ0) is 12.0. The number of thiazole rings is 1. The van der Waals surface area contributed by atoms with Crippen molar-refractivity contribution in [3.8, 4) is 0 Å². The summed E-state index contributed by atoms with van der Waals surface area (Å²) >= 11 is 1.82. The molecule has 1 aromatic rings.